The predicted octanol–water partition coefficient (Wildman–Crippen LogP) is 3.36. The Morgan fingerprint density at radius 1 is 1.44 bits per heavy atom. The SMILES string of the molecule is CC(C)(C)S(=O)N=Cc1cccc(F)c1Cl. The highest BCUT2D eigenvalue weighted by atomic mass is 35.5. The summed E-state index contributed by atoms with van der Waals surface area (Å²) in [5, 5.41) is -0.00263. The zero-order valence-electron chi connectivity index (χ0n) is 9.33. The fraction of sp³-hybridized carbons (Fsp3) is 0.364. The van der Waals surface area contributed by atoms with Crippen molar-refractivity contribution >= 4 is 28.8 Å². The molecule has 0 spiro atoms. The van der Waals surface area contributed by atoms with Gasteiger partial charge in [0.1, 0.15) is 16.8 Å². The molecule has 0 saturated heterocycles. The van der Waals surface area contributed by atoms with Crippen LogP contribution in [0.25, 0.3) is 0 Å². The first kappa shape index (κ1) is 13.3. The number of hydrogen-bond donors (Lipinski definition) is 0. The van der Waals surface area contributed by atoms with Gasteiger partial charge in [-0.1, -0.05) is 23.7 Å². The van der Waals surface area contributed by atoms with Gasteiger partial charge in [-0.05, 0) is 26.8 Å². The quantitative estimate of drug-likeness (QED) is 0.751. The molecule has 0 aliphatic heterocycles. The van der Waals surface area contributed by atoms with Crippen LogP contribution in [0.2, 0.25) is 5.02 Å². The van der Waals surface area contributed by atoms with Crippen LogP contribution in [-0.2, 0) is 11.0 Å². The van der Waals surface area contributed by atoms with E-state index in [0.717, 1.165) is 0 Å². The summed E-state index contributed by atoms with van der Waals surface area (Å²) >= 11 is 5.73. The van der Waals surface area contributed by atoms with E-state index in [9.17, 15) is 8.60 Å². The lowest BCUT2D eigenvalue weighted by atomic mass is 10.2. The summed E-state index contributed by atoms with van der Waals surface area (Å²) in [4.78, 5) is 0. The van der Waals surface area contributed by atoms with E-state index in [1.54, 1.807) is 6.07 Å². The van der Waals surface area contributed by atoms with Gasteiger partial charge in [-0.25, -0.2) is 8.60 Å². The van der Waals surface area contributed by atoms with Crippen molar-refractivity contribution in [1.82, 2.24) is 0 Å². The minimum absolute atomic E-state index is 0.00263. The summed E-state index contributed by atoms with van der Waals surface area (Å²) < 4.78 is 28.1. The average molecular weight is 262 g/mol. The molecule has 1 aromatic rings. The number of benzene rings is 1. The molecule has 1 rings (SSSR count). The first-order chi connectivity index (χ1) is 7.32. The fourth-order valence-corrected chi connectivity index (χ4v) is 1.58. The topological polar surface area (TPSA) is 29.4 Å². The Labute approximate surface area is 102 Å². The third-order valence-electron chi connectivity index (χ3n) is 1.79. The molecule has 88 valence electrons. The Kier molecular flexibility index (Phi) is 4.21. The van der Waals surface area contributed by atoms with E-state index in [2.05, 4.69) is 4.40 Å². The molecule has 0 aliphatic carbocycles. The smallest absolute Gasteiger partial charge is 0.144 e. The Morgan fingerprint density at radius 3 is 2.62 bits per heavy atom. The van der Waals surface area contributed by atoms with Gasteiger partial charge < -0.3 is 0 Å². The normalized spacial score (nSPS) is 14.3. The summed E-state index contributed by atoms with van der Waals surface area (Å²) in [6.07, 6.45) is 1.34. The second-order valence-corrected chi connectivity index (χ2v) is 6.55. The average Bonchev–Trinajstić information content (AvgIpc) is 2.18. The largest absolute Gasteiger partial charge is 0.234 e. The Morgan fingerprint density at radius 2 is 2.06 bits per heavy atom. The third-order valence-corrected chi connectivity index (χ3v) is 3.54. The van der Waals surface area contributed by atoms with Gasteiger partial charge in [0, 0.05) is 11.8 Å². The summed E-state index contributed by atoms with van der Waals surface area (Å²) in [6.45, 7) is 5.44. The van der Waals surface area contributed by atoms with Crippen molar-refractivity contribution in [3.8, 4) is 0 Å². The van der Waals surface area contributed by atoms with Crippen molar-refractivity contribution in [2.24, 2.45) is 4.40 Å². The van der Waals surface area contributed by atoms with Crippen LogP contribution in [-0.4, -0.2) is 15.2 Å². The van der Waals surface area contributed by atoms with Crippen molar-refractivity contribution in [3.05, 3.63) is 34.6 Å². The molecular weight excluding hydrogens is 249 g/mol. The van der Waals surface area contributed by atoms with Crippen LogP contribution in [0.15, 0.2) is 22.6 Å². The minimum atomic E-state index is -1.36. The van der Waals surface area contributed by atoms with Crippen molar-refractivity contribution in [2.75, 3.05) is 0 Å². The van der Waals surface area contributed by atoms with E-state index in [0.29, 0.717) is 5.56 Å². The second kappa shape index (κ2) is 5.06. The number of halogens is 2. The highest BCUT2D eigenvalue weighted by Gasteiger charge is 2.18. The van der Waals surface area contributed by atoms with Crippen LogP contribution in [0.3, 0.4) is 0 Å². The molecular formula is C11H13ClFNOS. The molecule has 5 heteroatoms. The number of nitrogens with zero attached hydrogens (tertiary/aromatic N) is 1. The van der Waals surface area contributed by atoms with Gasteiger partial charge in [0.2, 0.25) is 0 Å². The van der Waals surface area contributed by atoms with Crippen LogP contribution in [0.4, 0.5) is 4.39 Å². The van der Waals surface area contributed by atoms with Crippen molar-refractivity contribution < 1.29 is 8.60 Å². The van der Waals surface area contributed by atoms with Gasteiger partial charge in [-0.15, -0.1) is 0 Å². The van der Waals surface area contributed by atoms with E-state index in [1.165, 1.54) is 18.3 Å². The first-order valence-corrected chi connectivity index (χ1v) is 6.21. The molecule has 2 nitrogen and oxygen atoms in total. The predicted molar refractivity (Wildman–Crippen MR) is 66.9 cm³/mol. The van der Waals surface area contributed by atoms with Gasteiger partial charge in [-0.2, -0.15) is 4.40 Å². The highest BCUT2D eigenvalue weighted by Crippen LogP contribution is 2.19. The monoisotopic (exact) mass is 261 g/mol. The first-order valence-electron chi connectivity index (χ1n) is 4.72. The summed E-state index contributed by atoms with van der Waals surface area (Å²) in [5.74, 6) is -0.507. The lowest BCUT2D eigenvalue weighted by molar-refractivity contribution is 0.628. The zero-order valence-corrected chi connectivity index (χ0v) is 10.9. The van der Waals surface area contributed by atoms with Crippen LogP contribution in [0.5, 0.6) is 0 Å². The van der Waals surface area contributed by atoms with E-state index in [4.69, 9.17) is 11.6 Å². The van der Waals surface area contributed by atoms with Crippen molar-refractivity contribution in [2.45, 2.75) is 25.5 Å². The number of hydrogen-bond acceptors (Lipinski definition) is 1. The van der Waals surface area contributed by atoms with E-state index >= 15 is 0 Å². The van der Waals surface area contributed by atoms with Gasteiger partial charge in [0.15, 0.2) is 0 Å². The Bertz CT molecular complexity index is 440. The summed E-state index contributed by atoms with van der Waals surface area (Å²) in [5.41, 5.74) is 0.430. The molecule has 0 fully saturated rings. The fourth-order valence-electron chi connectivity index (χ4n) is 0.883. The molecule has 1 aromatic carbocycles. The van der Waals surface area contributed by atoms with E-state index in [-0.39, 0.29) is 5.02 Å². The number of rotatable bonds is 2. The van der Waals surface area contributed by atoms with Gasteiger partial charge in [0.25, 0.3) is 0 Å². The Hall–Kier alpha value is -0.740. The van der Waals surface area contributed by atoms with Crippen LogP contribution < -0.4 is 0 Å². The van der Waals surface area contributed by atoms with Crippen LogP contribution in [0, 0.1) is 5.82 Å². The van der Waals surface area contributed by atoms with Crippen molar-refractivity contribution in [3.63, 3.8) is 0 Å². The lowest BCUT2D eigenvalue weighted by Gasteiger charge is -2.12. The molecule has 0 aromatic heterocycles. The lowest BCUT2D eigenvalue weighted by Crippen LogP contribution is -2.19. The molecule has 0 bridgehead atoms. The molecule has 0 aliphatic rings. The molecule has 0 saturated carbocycles. The molecule has 0 radical (unpaired) electrons. The maximum absolute atomic E-state index is 13.1. The van der Waals surface area contributed by atoms with Gasteiger partial charge in [0.05, 0.1) is 9.77 Å². The molecule has 0 N–H and O–H groups in total. The second-order valence-electron chi connectivity index (χ2n) is 4.24. The molecule has 0 heterocycles. The zero-order chi connectivity index (χ0) is 12.3. The van der Waals surface area contributed by atoms with Crippen LogP contribution >= 0.6 is 11.6 Å². The molecule has 1 atom stereocenters. The van der Waals surface area contributed by atoms with E-state index in [1.807, 2.05) is 20.8 Å². The highest BCUT2D eigenvalue weighted by molar-refractivity contribution is 7.85. The minimum Gasteiger partial charge on any atom is -0.234 e. The molecule has 1 unspecified atom stereocenters. The van der Waals surface area contributed by atoms with E-state index < -0.39 is 21.5 Å². The van der Waals surface area contributed by atoms with Gasteiger partial charge >= 0.3 is 0 Å². The summed E-state index contributed by atoms with van der Waals surface area (Å²) in [7, 11) is -1.36. The molecule has 0 amide bonds. The summed E-state index contributed by atoms with van der Waals surface area (Å²) in [6, 6.07) is 4.41. The van der Waals surface area contributed by atoms with Crippen molar-refractivity contribution in [1.29, 1.82) is 0 Å². The standard InChI is InChI=1S/C11H13ClFNOS/c1-11(2,3)16(15)14-7-8-5-4-6-9(13)10(8)12/h4-7H,1-3H3. The third kappa shape index (κ3) is 3.39. The van der Waals surface area contributed by atoms with Gasteiger partial charge in [-0.3, -0.25) is 0 Å². The maximum atomic E-state index is 13.1. The maximum Gasteiger partial charge on any atom is 0.144 e. The Balaban J connectivity index is 2.94. The molecule has 16 heavy (non-hydrogen) atoms. The van der Waals surface area contributed by atoms with Crippen LogP contribution in [0.1, 0.15) is 26.3 Å².